The van der Waals surface area contributed by atoms with Gasteiger partial charge in [-0.25, -0.2) is 0 Å². The van der Waals surface area contributed by atoms with Gasteiger partial charge in [-0.05, 0) is 29.6 Å². The quantitative estimate of drug-likeness (QED) is 0.251. The number of hydrogen-bond donors (Lipinski definition) is 0. The Balaban J connectivity index is -0.000000507. The fraction of sp³-hybridized carbons (Fsp3) is 0.867. The fourth-order valence-corrected chi connectivity index (χ4v) is 6.78. The van der Waals surface area contributed by atoms with Crippen LogP contribution in [0.5, 0.6) is 0 Å². The van der Waals surface area contributed by atoms with Crippen LogP contribution in [0.25, 0.3) is 44.2 Å². The Morgan fingerprint density at radius 3 is 1.00 bits per heavy atom. The number of rotatable bonds is 3. The topological polar surface area (TPSA) is 152 Å². The smallest absolute Gasteiger partial charge is 0.693 e. The van der Waals surface area contributed by atoms with Crippen molar-refractivity contribution in [3.63, 3.8) is 0 Å². The largest absolute Gasteiger partial charge is 2.00 e. The molecule has 5 fully saturated rings. The minimum absolute atomic E-state index is 0. The van der Waals surface area contributed by atoms with Gasteiger partial charge >= 0.3 is 68.3 Å². The van der Waals surface area contributed by atoms with Crippen LogP contribution in [0.1, 0.15) is 64.2 Å². The zero-order chi connectivity index (χ0) is 24.7. The van der Waals surface area contributed by atoms with Crippen LogP contribution in [0.2, 0.25) is 0 Å². The first-order valence-corrected chi connectivity index (χ1v) is 15.1. The minimum atomic E-state index is 0. The summed E-state index contributed by atoms with van der Waals surface area (Å²) in [6.45, 7) is 12.0. The predicted molar refractivity (Wildman–Crippen MR) is 165 cm³/mol. The van der Waals surface area contributed by atoms with Crippen molar-refractivity contribution in [2.45, 2.75) is 64.2 Å². The SMILES string of the molecule is C1=CC(C2CC[N-]CC2)=CC[N-]1.C1CC(C2CC[N-]CC2)CC[N-]1.C1CC(C2CC[N-]CC2)CC[N-]1.[Cu+2].[Cu+2].[Cu+].[Cu+].[NH2-].[NH2-]. The molecule has 0 aliphatic carbocycles. The summed E-state index contributed by atoms with van der Waals surface area (Å²) in [5, 5.41) is 26.1. The molecular formula is C30H54Cu4N8-2. The molecule has 6 aliphatic heterocycles. The Hall–Kier alpha value is 1.08. The van der Waals surface area contributed by atoms with Crippen molar-refractivity contribution in [2.24, 2.45) is 29.6 Å². The van der Waals surface area contributed by atoms with Gasteiger partial charge in [0.2, 0.25) is 0 Å². The van der Waals surface area contributed by atoms with Crippen LogP contribution in [-0.4, -0.2) is 72.0 Å². The van der Waals surface area contributed by atoms with Crippen LogP contribution in [0.4, 0.5) is 0 Å². The molecule has 0 bridgehead atoms. The molecule has 6 heterocycles. The van der Waals surface area contributed by atoms with E-state index in [0.717, 1.165) is 102 Å². The number of piperidine rings is 5. The van der Waals surface area contributed by atoms with Crippen LogP contribution < -0.4 is 0 Å². The monoisotopic (exact) mass is 778 g/mol. The molecule has 5 saturated heterocycles. The Bertz CT molecular complexity index is 579. The summed E-state index contributed by atoms with van der Waals surface area (Å²) in [7, 11) is 0. The summed E-state index contributed by atoms with van der Waals surface area (Å²) in [5.74, 6) is 4.70. The molecule has 8 nitrogen and oxygen atoms in total. The van der Waals surface area contributed by atoms with E-state index in [1.54, 1.807) is 0 Å². The van der Waals surface area contributed by atoms with Crippen LogP contribution in [0.3, 0.4) is 0 Å². The summed E-state index contributed by atoms with van der Waals surface area (Å²) in [6.07, 6.45) is 19.6. The van der Waals surface area contributed by atoms with Crippen molar-refractivity contribution in [3.05, 3.63) is 68.1 Å². The van der Waals surface area contributed by atoms with Gasteiger partial charge in [0.1, 0.15) is 0 Å². The van der Waals surface area contributed by atoms with Gasteiger partial charge in [0, 0.05) is 0 Å². The van der Waals surface area contributed by atoms with Gasteiger partial charge < -0.3 is 44.2 Å². The Kier molecular flexibility index (Phi) is 33.3. The summed E-state index contributed by atoms with van der Waals surface area (Å²) < 4.78 is 0. The molecule has 42 heavy (non-hydrogen) atoms. The van der Waals surface area contributed by atoms with Gasteiger partial charge in [0.25, 0.3) is 0 Å². The maximum Gasteiger partial charge on any atom is 2.00 e. The molecule has 6 rings (SSSR count). The average Bonchev–Trinajstić information content (AvgIpc) is 3.01. The molecular weight excluding hydrogens is 727 g/mol. The number of allylic oxidation sites excluding steroid dienone is 2. The molecule has 12 heteroatoms. The summed E-state index contributed by atoms with van der Waals surface area (Å²) in [6, 6.07) is 0. The van der Waals surface area contributed by atoms with E-state index in [2.05, 4.69) is 44.1 Å². The molecule has 0 aromatic rings. The van der Waals surface area contributed by atoms with Crippen LogP contribution in [-0.2, 0) is 68.3 Å². The van der Waals surface area contributed by atoms with Crippen molar-refractivity contribution >= 4 is 0 Å². The van der Waals surface area contributed by atoms with Crippen LogP contribution >= 0.6 is 0 Å². The van der Waals surface area contributed by atoms with Crippen molar-refractivity contribution in [3.8, 4) is 0 Å². The molecule has 0 atom stereocenters. The van der Waals surface area contributed by atoms with E-state index in [1.165, 1.54) is 69.8 Å². The van der Waals surface area contributed by atoms with E-state index >= 15 is 0 Å². The third-order valence-electron chi connectivity index (χ3n) is 9.14. The van der Waals surface area contributed by atoms with Crippen molar-refractivity contribution in [1.29, 1.82) is 0 Å². The molecule has 0 aromatic carbocycles. The fourth-order valence-electron chi connectivity index (χ4n) is 6.78. The summed E-state index contributed by atoms with van der Waals surface area (Å²) >= 11 is 0. The van der Waals surface area contributed by atoms with E-state index in [1.807, 2.05) is 6.20 Å². The molecule has 0 unspecified atom stereocenters. The number of nitrogens with zero attached hydrogens (tertiary/aromatic N) is 6. The second kappa shape index (κ2) is 29.5. The number of nitrogens with two attached hydrogens (primary N) is 2. The zero-order valence-corrected chi connectivity index (χ0v) is 28.8. The molecule has 0 aromatic heterocycles. The molecule has 0 saturated carbocycles. The van der Waals surface area contributed by atoms with E-state index in [0.29, 0.717) is 0 Å². The van der Waals surface area contributed by atoms with Gasteiger partial charge in [0.05, 0.1) is 0 Å². The predicted octanol–water partition coefficient (Wildman–Crippen LogP) is 9.13. The molecule has 0 spiro atoms. The first kappa shape index (κ1) is 47.5. The average molecular weight is 781 g/mol. The van der Waals surface area contributed by atoms with Gasteiger partial charge in [0.15, 0.2) is 0 Å². The first-order chi connectivity index (χ1) is 17.9. The van der Waals surface area contributed by atoms with E-state index < -0.39 is 0 Å². The molecule has 4 N–H and O–H groups in total. The van der Waals surface area contributed by atoms with Crippen molar-refractivity contribution in [2.75, 3.05) is 72.0 Å². The molecule has 0 amide bonds. The van der Waals surface area contributed by atoms with Gasteiger partial charge in [-0.1, -0.05) is 81.9 Å². The van der Waals surface area contributed by atoms with Crippen LogP contribution in [0, 0.1) is 29.6 Å². The second-order valence-electron chi connectivity index (χ2n) is 11.4. The Morgan fingerprint density at radius 1 is 0.452 bits per heavy atom. The standard InChI is InChI=1S/2C10H18N2.C10H14N2.4Cu.2H2N/c3*1-5-11-6-2-9(1)10-3-7-12-8-4-10;;;;;;/h2*9-10H,1-8H2;1-2,5,10H,3-4,6-8H2;;;;;2*1H2/q3*-2;2*+1;2*+2;2*-1. The minimum Gasteiger partial charge on any atom is -0.693 e. The normalized spacial score (nSPS) is 23.7. The molecule has 6 aliphatic rings. The zero-order valence-electron chi connectivity index (χ0n) is 25.0. The van der Waals surface area contributed by atoms with E-state index in [9.17, 15) is 0 Å². The third-order valence-corrected chi connectivity index (χ3v) is 9.14. The number of hydrogen-bond acceptors (Lipinski definition) is 0. The van der Waals surface area contributed by atoms with Gasteiger partial charge in [-0.15, -0.1) is 72.0 Å². The second-order valence-corrected chi connectivity index (χ2v) is 11.4. The van der Waals surface area contributed by atoms with Crippen molar-refractivity contribution in [1.82, 2.24) is 0 Å². The van der Waals surface area contributed by atoms with Crippen LogP contribution in [0.15, 0.2) is 23.9 Å². The van der Waals surface area contributed by atoms with Gasteiger partial charge in [-0.3, -0.25) is 0 Å². The first-order valence-electron chi connectivity index (χ1n) is 15.1. The van der Waals surface area contributed by atoms with Crippen molar-refractivity contribution < 1.29 is 68.3 Å². The van der Waals surface area contributed by atoms with E-state index in [4.69, 9.17) is 0 Å². The maximum absolute atomic E-state index is 4.40. The molecule has 2 radical (unpaired) electrons. The maximum atomic E-state index is 4.40. The van der Waals surface area contributed by atoms with E-state index in [-0.39, 0.29) is 80.6 Å². The third kappa shape index (κ3) is 17.7. The summed E-state index contributed by atoms with van der Waals surface area (Å²) in [5.41, 5.74) is 1.49. The Morgan fingerprint density at radius 2 is 0.738 bits per heavy atom. The van der Waals surface area contributed by atoms with Gasteiger partial charge in [-0.2, -0.15) is 6.20 Å². The summed E-state index contributed by atoms with van der Waals surface area (Å²) in [4.78, 5) is 0. The molecule has 260 valence electrons. The Labute approximate surface area is 300 Å².